The summed E-state index contributed by atoms with van der Waals surface area (Å²) in [5, 5.41) is 25.7. The van der Waals surface area contributed by atoms with Crippen molar-refractivity contribution >= 4 is 29.6 Å². The molecule has 0 rings (SSSR count). The number of hydrogen-bond donors (Lipinski definition) is 7. The molecule has 4 amide bonds. The van der Waals surface area contributed by atoms with E-state index < -0.39 is 59.9 Å². The van der Waals surface area contributed by atoms with E-state index in [9.17, 15) is 34.2 Å². The monoisotopic (exact) mass is 431 g/mol. The van der Waals surface area contributed by atoms with Crippen molar-refractivity contribution in [2.45, 2.75) is 77.2 Å². The van der Waals surface area contributed by atoms with Crippen LogP contribution in [0.3, 0.4) is 0 Å². The molecule has 12 heteroatoms. The molecule has 0 radical (unpaired) electrons. The molecule has 0 aromatic rings. The van der Waals surface area contributed by atoms with E-state index in [0.717, 1.165) is 0 Å². The second-order valence-electron chi connectivity index (χ2n) is 7.27. The maximum Gasteiger partial charge on any atom is 0.326 e. The normalized spacial score (nSPS) is 16.9. The van der Waals surface area contributed by atoms with Crippen molar-refractivity contribution in [1.82, 2.24) is 16.0 Å². The quantitative estimate of drug-likeness (QED) is 0.166. The van der Waals surface area contributed by atoms with E-state index in [2.05, 4.69) is 16.0 Å². The van der Waals surface area contributed by atoms with Crippen LogP contribution in [0, 0.1) is 5.92 Å². The molecule has 0 aromatic heterocycles. The van der Waals surface area contributed by atoms with Crippen molar-refractivity contribution in [2.24, 2.45) is 17.4 Å². The van der Waals surface area contributed by atoms with Crippen LogP contribution in [-0.4, -0.2) is 70.1 Å². The summed E-state index contributed by atoms with van der Waals surface area (Å²) in [6.45, 7) is 6.09. The van der Waals surface area contributed by atoms with Gasteiger partial charge in [-0.3, -0.25) is 19.2 Å². The van der Waals surface area contributed by atoms with Crippen LogP contribution in [-0.2, 0) is 24.0 Å². The van der Waals surface area contributed by atoms with Gasteiger partial charge >= 0.3 is 5.97 Å². The Bertz CT molecular complexity index is 640. The Hall–Kier alpha value is -2.73. The Morgan fingerprint density at radius 1 is 0.933 bits per heavy atom. The molecule has 0 spiro atoms. The first kappa shape index (κ1) is 27.3. The molecule has 0 heterocycles. The average Bonchev–Trinajstić information content (AvgIpc) is 2.66. The molecule has 30 heavy (non-hydrogen) atoms. The minimum absolute atomic E-state index is 0.154. The zero-order valence-electron chi connectivity index (χ0n) is 17.7. The molecule has 0 fully saturated rings. The molecule has 0 aliphatic rings. The topological polar surface area (TPSA) is 214 Å². The number of primary amides is 1. The zero-order valence-corrected chi connectivity index (χ0v) is 17.7. The number of carbonyl (C=O) groups is 5. The highest BCUT2D eigenvalue weighted by Crippen LogP contribution is 2.08. The van der Waals surface area contributed by atoms with E-state index in [4.69, 9.17) is 11.5 Å². The molecule has 0 saturated heterocycles. The third-order valence-electron chi connectivity index (χ3n) is 4.66. The van der Waals surface area contributed by atoms with Crippen LogP contribution in [0.15, 0.2) is 0 Å². The molecule has 172 valence electrons. The number of aliphatic carboxylic acids is 1. The number of nitrogens with one attached hydrogen (secondary N) is 3. The molecule has 0 aliphatic heterocycles. The van der Waals surface area contributed by atoms with E-state index in [0.29, 0.717) is 6.42 Å². The lowest BCUT2D eigenvalue weighted by atomic mass is 9.99. The Kier molecular flexibility index (Phi) is 11.6. The van der Waals surface area contributed by atoms with Gasteiger partial charge in [0.1, 0.15) is 24.2 Å². The number of aliphatic hydroxyl groups excluding tert-OH is 1. The summed E-state index contributed by atoms with van der Waals surface area (Å²) < 4.78 is 0. The first-order valence-electron chi connectivity index (χ1n) is 9.67. The number of hydrogen-bond acceptors (Lipinski definition) is 7. The van der Waals surface area contributed by atoms with Gasteiger partial charge in [0, 0.05) is 6.42 Å². The first-order chi connectivity index (χ1) is 13.8. The SMILES string of the molecule is CCC(C)C(NC(=O)C(C)NC(=O)C(CCC(N)=O)NC(=O)C(N)C(C)O)C(=O)O. The maximum atomic E-state index is 12.5. The molecular weight excluding hydrogens is 398 g/mol. The average molecular weight is 431 g/mol. The van der Waals surface area contributed by atoms with E-state index in [1.165, 1.54) is 13.8 Å². The van der Waals surface area contributed by atoms with E-state index in [1.807, 2.05) is 0 Å². The summed E-state index contributed by atoms with van der Waals surface area (Å²) in [6.07, 6.45) is -1.04. The Labute approximate surface area is 175 Å². The Morgan fingerprint density at radius 3 is 1.93 bits per heavy atom. The molecular formula is C18H33N5O7. The lowest BCUT2D eigenvalue weighted by Crippen LogP contribution is -2.58. The summed E-state index contributed by atoms with van der Waals surface area (Å²) in [4.78, 5) is 59.3. The van der Waals surface area contributed by atoms with Crippen molar-refractivity contribution in [3.8, 4) is 0 Å². The van der Waals surface area contributed by atoms with Crippen LogP contribution in [0.4, 0.5) is 0 Å². The predicted molar refractivity (Wildman–Crippen MR) is 107 cm³/mol. The van der Waals surface area contributed by atoms with Gasteiger partial charge in [0.2, 0.25) is 23.6 Å². The van der Waals surface area contributed by atoms with Gasteiger partial charge in [-0.15, -0.1) is 0 Å². The van der Waals surface area contributed by atoms with Crippen LogP contribution >= 0.6 is 0 Å². The zero-order chi connectivity index (χ0) is 23.6. The van der Waals surface area contributed by atoms with Crippen molar-refractivity contribution in [3.05, 3.63) is 0 Å². The number of nitrogens with two attached hydrogens (primary N) is 2. The maximum absolute atomic E-state index is 12.5. The van der Waals surface area contributed by atoms with Crippen LogP contribution < -0.4 is 27.4 Å². The fraction of sp³-hybridized carbons (Fsp3) is 0.722. The second kappa shape index (κ2) is 12.8. The Morgan fingerprint density at radius 2 is 1.50 bits per heavy atom. The summed E-state index contributed by atoms with van der Waals surface area (Å²) >= 11 is 0. The number of carboxylic acid groups (broad SMARTS) is 1. The molecule has 6 atom stereocenters. The van der Waals surface area contributed by atoms with E-state index >= 15 is 0 Å². The number of carbonyl (C=O) groups excluding carboxylic acids is 4. The third-order valence-corrected chi connectivity index (χ3v) is 4.66. The Balaban J connectivity index is 5.17. The smallest absolute Gasteiger partial charge is 0.326 e. The number of amides is 4. The molecule has 0 saturated carbocycles. The van der Waals surface area contributed by atoms with Crippen LogP contribution in [0.2, 0.25) is 0 Å². The summed E-state index contributed by atoms with van der Waals surface area (Å²) in [5.74, 6) is -4.58. The van der Waals surface area contributed by atoms with Crippen LogP contribution in [0.25, 0.3) is 0 Å². The van der Waals surface area contributed by atoms with Gasteiger partial charge in [-0.05, 0) is 26.2 Å². The van der Waals surface area contributed by atoms with Crippen LogP contribution in [0.1, 0.15) is 47.0 Å². The third kappa shape index (κ3) is 9.18. The van der Waals surface area contributed by atoms with E-state index in [-0.39, 0.29) is 18.8 Å². The molecule has 6 unspecified atom stereocenters. The minimum atomic E-state index is -1.30. The van der Waals surface area contributed by atoms with Gasteiger partial charge in [-0.25, -0.2) is 4.79 Å². The van der Waals surface area contributed by atoms with Crippen molar-refractivity contribution in [3.63, 3.8) is 0 Å². The van der Waals surface area contributed by atoms with Gasteiger partial charge in [0.05, 0.1) is 6.10 Å². The van der Waals surface area contributed by atoms with Gasteiger partial charge in [-0.1, -0.05) is 20.3 Å². The van der Waals surface area contributed by atoms with Gasteiger partial charge in [0.15, 0.2) is 0 Å². The molecule has 0 aromatic carbocycles. The fourth-order valence-electron chi connectivity index (χ4n) is 2.38. The van der Waals surface area contributed by atoms with Crippen molar-refractivity contribution < 1.29 is 34.2 Å². The highest BCUT2D eigenvalue weighted by Gasteiger charge is 2.30. The standard InChI is InChI=1S/C18H33N5O7/c1-5-8(2)14(18(29)30)23-15(26)9(3)21-16(27)11(6-7-12(19)25)22-17(28)13(20)10(4)24/h8-11,13-14,24H,5-7,20H2,1-4H3,(H2,19,25)(H,21,27)(H,22,28)(H,23,26)(H,29,30). The molecule has 0 aliphatic carbocycles. The number of carboxylic acids is 1. The van der Waals surface area contributed by atoms with Gasteiger partial charge < -0.3 is 37.6 Å². The lowest BCUT2D eigenvalue weighted by molar-refractivity contribution is -0.143. The molecule has 0 bridgehead atoms. The summed E-state index contributed by atoms with van der Waals surface area (Å²) in [5.41, 5.74) is 10.6. The number of rotatable bonds is 13. The number of aliphatic hydroxyl groups is 1. The summed E-state index contributed by atoms with van der Waals surface area (Å²) in [6, 6.07) is -4.80. The molecule has 9 N–H and O–H groups in total. The minimum Gasteiger partial charge on any atom is -0.480 e. The fourth-order valence-corrected chi connectivity index (χ4v) is 2.38. The lowest BCUT2D eigenvalue weighted by Gasteiger charge is -2.25. The highest BCUT2D eigenvalue weighted by molar-refractivity contribution is 5.94. The second-order valence-corrected chi connectivity index (χ2v) is 7.27. The predicted octanol–water partition coefficient (Wildman–Crippen LogP) is -2.43. The first-order valence-corrected chi connectivity index (χ1v) is 9.67. The van der Waals surface area contributed by atoms with Crippen LogP contribution in [0.5, 0.6) is 0 Å². The van der Waals surface area contributed by atoms with Crippen molar-refractivity contribution in [2.75, 3.05) is 0 Å². The highest BCUT2D eigenvalue weighted by atomic mass is 16.4. The van der Waals surface area contributed by atoms with Crippen molar-refractivity contribution in [1.29, 1.82) is 0 Å². The summed E-state index contributed by atoms with van der Waals surface area (Å²) in [7, 11) is 0. The van der Waals surface area contributed by atoms with E-state index in [1.54, 1.807) is 13.8 Å². The molecule has 12 nitrogen and oxygen atoms in total. The van der Waals surface area contributed by atoms with Gasteiger partial charge in [-0.2, -0.15) is 0 Å². The largest absolute Gasteiger partial charge is 0.480 e. The van der Waals surface area contributed by atoms with Gasteiger partial charge in [0.25, 0.3) is 0 Å².